The minimum absolute atomic E-state index is 0.000122. The van der Waals surface area contributed by atoms with Crippen LogP contribution >= 0.6 is 11.8 Å². The maximum absolute atomic E-state index is 13.0. The number of benzene rings is 2. The van der Waals surface area contributed by atoms with Crippen molar-refractivity contribution in [1.29, 1.82) is 0 Å². The van der Waals surface area contributed by atoms with Crippen molar-refractivity contribution >= 4 is 51.9 Å². The molecule has 0 fully saturated rings. The van der Waals surface area contributed by atoms with E-state index in [2.05, 4.69) is 5.32 Å². The van der Waals surface area contributed by atoms with Crippen LogP contribution in [0.15, 0.2) is 53.4 Å². The minimum Gasteiger partial charge on any atom is -0.355 e. The van der Waals surface area contributed by atoms with E-state index >= 15 is 0 Å². The molecule has 4 rings (SSSR count). The molecule has 8 heteroatoms. The molecule has 0 saturated heterocycles. The molecule has 3 aromatic rings. The SMILES string of the molecule is CC(=O)Nc1ccc(SCC(=O)N2CCN(C)c3nc4ccccc4nc32)cc1. The van der Waals surface area contributed by atoms with Crippen LogP contribution < -0.4 is 15.1 Å². The van der Waals surface area contributed by atoms with Gasteiger partial charge in [-0.1, -0.05) is 12.1 Å². The Labute approximate surface area is 173 Å². The molecule has 0 radical (unpaired) electrons. The van der Waals surface area contributed by atoms with Gasteiger partial charge in [-0.05, 0) is 36.4 Å². The van der Waals surface area contributed by atoms with E-state index in [0.717, 1.165) is 27.4 Å². The second-order valence-corrected chi connectivity index (χ2v) is 7.87. The number of rotatable bonds is 4. The number of hydrogen-bond donors (Lipinski definition) is 1. The molecule has 1 aromatic heterocycles. The van der Waals surface area contributed by atoms with Gasteiger partial charge in [0, 0.05) is 37.6 Å². The van der Waals surface area contributed by atoms with E-state index in [0.29, 0.717) is 24.7 Å². The molecule has 7 nitrogen and oxygen atoms in total. The molecule has 0 bridgehead atoms. The van der Waals surface area contributed by atoms with Crippen molar-refractivity contribution < 1.29 is 9.59 Å². The fourth-order valence-electron chi connectivity index (χ4n) is 3.18. The number of likely N-dealkylation sites (N-methyl/N-ethyl adjacent to an activating group) is 1. The fraction of sp³-hybridized carbons (Fsp3) is 0.238. The summed E-state index contributed by atoms with van der Waals surface area (Å²) in [4.78, 5) is 38.2. The predicted octanol–water partition coefficient (Wildman–Crippen LogP) is 3.16. The summed E-state index contributed by atoms with van der Waals surface area (Å²) in [6, 6.07) is 15.1. The molecule has 2 amide bonds. The van der Waals surface area contributed by atoms with Gasteiger partial charge in [-0.15, -0.1) is 11.8 Å². The Hall–Kier alpha value is -3.13. The number of hydrogen-bond acceptors (Lipinski definition) is 6. The van der Waals surface area contributed by atoms with Crippen LogP contribution in [0, 0.1) is 0 Å². The smallest absolute Gasteiger partial charge is 0.238 e. The second kappa shape index (κ2) is 8.08. The third-order valence-corrected chi connectivity index (χ3v) is 5.65. The van der Waals surface area contributed by atoms with Gasteiger partial charge in [0.15, 0.2) is 11.6 Å². The molecule has 0 saturated carbocycles. The van der Waals surface area contributed by atoms with Crippen LogP contribution in [0.3, 0.4) is 0 Å². The second-order valence-electron chi connectivity index (χ2n) is 6.82. The summed E-state index contributed by atoms with van der Waals surface area (Å²) in [6.45, 7) is 2.76. The highest BCUT2D eigenvalue weighted by molar-refractivity contribution is 8.00. The first-order chi connectivity index (χ1) is 14.0. The summed E-state index contributed by atoms with van der Waals surface area (Å²) < 4.78 is 0. The number of amides is 2. The molecule has 2 heterocycles. The number of aromatic nitrogens is 2. The molecule has 1 aliphatic rings. The molecule has 2 aromatic carbocycles. The highest BCUT2D eigenvalue weighted by Crippen LogP contribution is 2.31. The largest absolute Gasteiger partial charge is 0.355 e. The van der Waals surface area contributed by atoms with Crippen molar-refractivity contribution in [3.05, 3.63) is 48.5 Å². The highest BCUT2D eigenvalue weighted by atomic mass is 32.2. The molecule has 148 valence electrons. The van der Waals surface area contributed by atoms with Crippen LogP contribution in [-0.4, -0.2) is 47.7 Å². The highest BCUT2D eigenvalue weighted by Gasteiger charge is 2.28. The summed E-state index contributed by atoms with van der Waals surface area (Å²) in [6.07, 6.45) is 0. The zero-order valence-electron chi connectivity index (χ0n) is 16.3. The number of nitrogens with one attached hydrogen (secondary N) is 1. The topological polar surface area (TPSA) is 78.4 Å². The van der Waals surface area contributed by atoms with Gasteiger partial charge in [0.2, 0.25) is 11.8 Å². The van der Waals surface area contributed by atoms with E-state index in [4.69, 9.17) is 9.97 Å². The first-order valence-electron chi connectivity index (χ1n) is 9.30. The lowest BCUT2D eigenvalue weighted by molar-refractivity contribution is -0.116. The van der Waals surface area contributed by atoms with Crippen LogP contribution in [0.4, 0.5) is 17.3 Å². The Morgan fingerprint density at radius 1 is 1.00 bits per heavy atom. The molecular formula is C21H21N5O2S. The fourth-order valence-corrected chi connectivity index (χ4v) is 3.96. The van der Waals surface area contributed by atoms with Gasteiger partial charge in [-0.3, -0.25) is 14.5 Å². The van der Waals surface area contributed by atoms with E-state index in [1.165, 1.54) is 18.7 Å². The Kier molecular flexibility index (Phi) is 5.35. The van der Waals surface area contributed by atoms with Crippen molar-refractivity contribution in [1.82, 2.24) is 9.97 Å². The molecule has 1 aliphatic heterocycles. The first kappa shape index (κ1) is 19.2. The van der Waals surface area contributed by atoms with Gasteiger partial charge in [0.05, 0.1) is 16.8 Å². The van der Waals surface area contributed by atoms with Gasteiger partial charge in [0.1, 0.15) is 0 Å². The number of thioether (sulfide) groups is 1. The molecule has 0 atom stereocenters. The standard InChI is InChI=1S/C21H21N5O2S/c1-14(27)22-15-7-9-16(10-8-15)29-13-19(28)26-12-11-25(2)20-21(26)24-18-6-4-3-5-17(18)23-20/h3-10H,11-13H2,1-2H3,(H,22,27). The van der Waals surface area contributed by atoms with Gasteiger partial charge >= 0.3 is 0 Å². The molecule has 0 aliphatic carbocycles. The lowest BCUT2D eigenvalue weighted by atomic mass is 10.2. The van der Waals surface area contributed by atoms with Crippen LogP contribution in [0.5, 0.6) is 0 Å². The molecule has 1 N–H and O–H groups in total. The van der Waals surface area contributed by atoms with Crippen LogP contribution in [0.25, 0.3) is 11.0 Å². The van der Waals surface area contributed by atoms with E-state index < -0.39 is 0 Å². The minimum atomic E-state index is -0.108. The Balaban J connectivity index is 1.50. The van der Waals surface area contributed by atoms with Gasteiger partial charge in [0.25, 0.3) is 0 Å². The third-order valence-electron chi connectivity index (χ3n) is 4.65. The quantitative estimate of drug-likeness (QED) is 0.670. The summed E-state index contributed by atoms with van der Waals surface area (Å²) in [7, 11) is 1.97. The Morgan fingerprint density at radius 3 is 2.31 bits per heavy atom. The average Bonchev–Trinajstić information content (AvgIpc) is 2.72. The summed E-state index contributed by atoms with van der Waals surface area (Å²) in [5.74, 6) is 1.54. The van der Waals surface area contributed by atoms with Crippen molar-refractivity contribution in [3.8, 4) is 0 Å². The van der Waals surface area contributed by atoms with Crippen molar-refractivity contribution in [3.63, 3.8) is 0 Å². The summed E-state index contributed by atoms with van der Waals surface area (Å²) in [5, 5.41) is 2.74. The number of nitrogens with zero attached hydrogens (tertiary/aromatic N) is 4. The van der Waals surface area contributed by atoms with Crippen molar-refractivity contribution in [2.24, 2.45) is 0 Å². The molecule has 29 heavy (non-hydrogen) atoms. The predicted molar refractivity (Wildman–Crippen MR) is 117 cm³/mol. The summed E-state index contributed by atoms with van der Waals surface area (Å²) >= 11 is 1.46. The van der Waals surface area contributed by atoms with Crippen LogP contribution in [0.1, 0.15) is 6.92 Å². The lowest BCUT2D eigenvalue weighted by Gasteiger charge is -2.33. The van der Waals surface area contributed by atoms with Crippen LogP contribution in [-0.2, 0) is 9.59 Å². The monoisotopic (exact) mass is 407 g/mol. The van der Waals surface area contributed by atoms with E-state index in [-0.39, 0.29) is 11.8 Å². The van der Waals surface area contributed by atoms with Gasteiger partial charge in [-0.2, -0.15) is 0 Å². The maximum atomic E-state index is 13.0. The molecular weight excluding hydrogens is 386 g/mol. The van der Waals surface area contributed by atoms with E-state index in [9.17, 15) is 9.59 Å². The lowest BCUT2D eigenvalue weighted by Crippen LogP contribution is -2.44. The average molecular weight is 407 g/mol. The Morgan fingerprint density at radius 2 is 1.66 bits per heavy atom. The molecule has 0 spiro atoms. The maximum Gasteiger partial charge on any atom is 0.238 e. The first-order valence-corrected chi connectivity index (χ1v) is 10.3. The number of carbonyl (C=O) groups is 2. The number of para-hydroxylation sites is 2. The molecule has 0 unspecified atom stereocenters. The number of fused-ring (bicyclic) bond motifs is 2. The number of carbonyl (C=O) groups excluding carboxylic acids is 2. The van der Waals surface area contributed by atoms with E-state index in [1.807, 2.05) is 60.5 Å². The van der Waals surface area contributed by atoms with Crippen molar-refractivity contribution in [2.75, 3.05) is 41.0 Å². The van der Waals surface area contributed by atoms with Gasteiger partial charge < -0.3 is 10.2 Å². The zero-order valence-corrected chi connectivity index (χ0v) is 17.1. The third kappa shape index (κ3) is 4.17. The normalized spacial score (nSPS) is 13.3. The Bertz CT molecular complexity index is 1070. The number of anilines is 3. The van der Waals surface area contributed by atoms with Gasteiger partial charge in [-0.25, -0.2) is 9.97 Å². The van der Waals surface area contributed by atoms with E-state index in [1.54, 1.807) is 4.90 Å². The van der Waals surface area contributed by atoms with Crippen LogP contribution in [0.2, 0.25) is 0 Å². The summed E-state index contributed by atoms with van der Waals surface area (Å²) in [5.41, 5.74) is 2.34. The zero-order chi connectivity index (χ0) is 20.4. The van der Waals surface area contributed by atoms with Crippen molar-refractivity contribution in [2.45, 2.75) is 11.8 Å².